The number of fused-ring (bicyclic) bond motifs is 2. The van der Waals surface area contributed by atoms with Crippen molar-refractivity contribution in [3.05, 3.63) is 48.0 Å². The Bertz CT molecular complexity index is 1270. The highest BCUT2D eigenvalue weighted by Gasteiger charge is 2.43. The van der Waals surface area contributed by atoms with Gasteiger partial charge in [0.15, 0.2) is 0 Å². The number of aliphatic hydroxyl groups excluding tert-OH is 1. The monoisotopic (exact) mass is 492 g/mol. The number of aromatic amines is 1. The second-order valence-electron chi connectivity index (χ2n) is 10.9. The molecule has 6 rings (SSSR count). The van der Waals surface area contributed by atoms with Crippen LogP contribution in [0.15, 0.2) is 36.5 Å². The smallest absolute Gasteiger partial charge is 0.236 e. The molecule has 7 nitrogen and oxygen atoms in total. The first-order chi connectivity index (χ1) is 17.4. The Morgan fingerprint density at radius 3 is 2.61 bits per heavy atom. The largest absolute Gasteiger partial charge is 0.496 e. The predicted octanol–water partition coefficient (Wildman–Crippen LogP) is 3.78. The number of hydrogen-bond acceptors (Lipinski definition) is 5. The number of aliphatic hydroxyl groups is 1. The zero-order valence-electron chi connectivity index (χ0n) is 20.8. The normalized spacial score (nSPS) is 27.7. The summed E-state index contributed by atoms with van der Waals surface area (Å²) in [6, 6.07) is 8.86. The van der Waals surface area contributed by atoms with E-state index in [2.05, 4.69) is 20.9 Å². The fraction of sp³-hybridized carbons (Fsp3) is 0.500. The number of ether oxygens (including phenoxy) is 1. The molecule has 1 unspecified atom stereocenters. The summed E-state index contributed by atoms with van der Waals surface area (Å²) in [5, 5.41) is 10.5. The second-order valence-corrected chi connectivity index (χ2v) is 10.9. The number of H-pyrrole nitrogens is 1. The Kier molecular flexibility index (Phi) is 5.96. The number of likely N-dealkylation sites (N-methyl/N-ethyl adjacent to an activating group) is 1. The second kappa shape index (κ2) is 9.16. The SMILES string of the molecule is COc1ccc(F)cc1-c1ccnc2[nH]c(C3C[C@@H]4CN(CC(=O)N(C)C5CC(O)C5)C[C@@H]4C3)cc12. The first kappa shape index (κ1) is 23.4. The molecule has 2 aliphatic carbocycles. The average Bonchev–Trinajstić information content (AvgIpc) is 3.54. The highest BCUT2D eigenvalue weighted by Crippen LogP contribution is 2.47. The minimum absolute atomic E-state index is 0.158. The molecule has 0 bridgehead atoms. The van der Waals surface area contributed by atoms with Gasteiger partial charge in [-0.25, -0.2) is 9.37 Å². The Hall–Kier alpha value is -2.97. The van der Waals surface area contributed by atoms with Crippen LogP contribution in [0.25, 0.3) is 22.2 Å². The molecule has 3 heterocycles. The van der Waals surface area contributed by atoms with E-state index in [0.29, 0.717) is 42.9 Å². The van der Waals surface area contributed by atoms with Crippen molar-refractivity contribution >= 4 is 16.9 Å². The molecule has 3 aromatic rings. The van der Waals surface area contributed by atoms with Gasteiger partial charge in [-0.2, -0.15) is 0 Å². The van der Waals surface area contributed by atoms with Crippen LogP contribution in [0.5, 0.6) is 5.75 Å². The fourth-order valence-electron chi connectivity index (χ4n) is 6.55. The fourth-order valence-corrected chi connectivity index (χ4v) is 6.55. The maximum absolute atomic E-state index is 14.1. The van der Waals surface area contributed by atoms with E-state index in [9.17, 15) is 14.3 Å². The van der Waals surface area contributed by atoms with Crippen molar-refractivity contribution in [2.24, 2.45) is 11.8 Å². The van der Waals surface area contributed by atoms with Gasteiger partial charge in [-0.3, -0.25) is 9.69 Å². The molecule has 3 atom stereocenters. The summed E-state index contributed by atoms with van der Waals surface area (Å²) >= 11 is 0. The molecule has 1 saturated heterocycles. The lowest BCUT2D eigenvalue weighted by atomic mass is 9.88. The number of aromatic nitrogens is 2. The van der Waals surface area contributed by atoms with E-state index < -0.39 is 0 Å². The first-order valence-electron chi connectivity index (χ1n) is 12.9. The molecular weight excluding hydrogens is 459 g/mol. The molecule has 3 aliphatic rings. The summed E-state index contributed by atoms with van der Waals surface area (Å²) in [5.74, 6) is 2.09. The number of benzene rings is 1. The third kappa shape index (κ3) is 4.16. The van der Waals surface area contributed by atoms with Gasteiger partial charge in [0.2, 0.25) is 5.91 Å². The lowest BCUT2D eigenvalue weighted by molar-refractivity contribution is -0.136. The van der Waals surface area contributed by atoms with Gasteiger partial charge in [0, 0.05) is 49.0 Å². The zero-order chi connectivity index (χ0) is 25.0. The number of likely N-dealkylation sites (tertiary alicyclic amines) is 1. The predicted molar refractivity (Wildman–Crippen MR) is 135 cm³/mol. The Morgan fingerprint density at radius 1 is 1.17 bits per heavy atom. The van der Waals surface area contributed by atoms with Crippen LogP contribution in [0.4, 0.5) is 4.39 Å². The lowest BCUT2D eigenvalue weighted by Gasteiger charge is -2.39. The summed E-state index contributed by atoms with van der Waals surface area (Å²) in [4.78, 5) is 24.9. The molecular formula is C28H33FN4O3. The maximum atomic E-state index is 14.1. The van der Waals surface area contributed by atoms with Crippen molar-refractivity contribution in [2.75, 3.05) is 33.8 Å². The van der Waals surface area contributed by atoms with Crippen LogP contribution in [-0.2, 0) is 4.79 Å². The van der Waals surface area contributed by atoms with Crippen LogP contribution < -0.4 is 4.74 Å². The van der Waals surface area contributed by atoms with Crippen molar-refractivity contribution in [2.45, 2.75) is 43.7 Å². The number of amides is 1. The molecule has 8 heteroatoms. The molecule has 36 heavy (non-hydrogen) atoms. The van der Waals surface area contributed by atoms with Gasteiger partial charge < -0.3 is 19.7 Å². The van der Waals surface area contributed by atoms with E-state index in [1.165, 1.54) is 17.8 Å². The third-order valence-electron chi connectivity index (χ3n) is 8.66. The van der Waals surface area contributed by atoms with E-state index in [1.54, 1.807) is 19.4 Å². The average molecular weight is 493 g/mol. The number of nitrogens with zero attached hydrogens (tertiary/aromatic N) is 3. The number of carbonyl (C=O) groups is 1. The lowest BCUT2D eigenvalue weighted by Crippen LogP contribution is -2.50. The van der Waals surface area contributed by atoms with Crippen molar-refractivity contribution < 1.29 is 19.0 Å². The van der Waals surface area contributed by atoms with Gasteiger partial charge >= 0.3 is 0 Å². The summed E-state index contributed by atoms with van der Waals surface area (Å²) < 4.78 is 19.6. The van der Waals surface area contributed by atoms with Crippen LogP contribution in [-0.4, -0.2) is 76.7 Å². The molecule has 0 spiro atoms. The van der Waals surface area contributed by atoms with Crippen LogP contribution >= 0.6 is 0 Å². The maximum Gasteiger partial charge on any atom is 0.236 e. The molecule has 3 fully saturated rings. The number of carbonyl (C=O) groups excluding carboxylic acids is 1. The standard InChI is InChI=1S/C28H33FN4O3/c1-32(20-10-21(34)11-20)27(35)15-33-13-17-7-16(8-18(17)14-33)25-12-24-22(5-6-30-28(24)31-25)23-9-19(29)3-4-26(23)36-2/h3-6,9,12,16-18,20-21,34H,7-8,10-11,13-15H2,1-2H3,(H,30,31)/t16?,17-,18+,20?,21?. The van der Waals surface area contributed by atoms with E-state index >= 15 is 0 Å². The first-order valence-corrected chi connectivity index (χ1v) is 12.9. The van der Waals surface area contributed by atoms with Crippen molar-refractivity contribution in [3.63, 3.8) is 0 Å². The molecule has 2 saturated carbocycles. The topological polar surface area (TPSA) is 81.7 Å². The Morgan fingerprint density at radius 2 is 1.92 bits per heavy atom. The summed E-state index contributed by atoms with van der Waals surface area (Å²) in [7, 11) is 3.46. The van der Waals surface area contributed by atoms with Gasteiger partial charge in [0.05, 0.1) is 19.8 Å². The summed E-state index contributed by atoms with van der Waals surface area (Å²) in [6.45, 7) is 2.38. The van der Waals surface area contributed by atoms with Gasteiger partial charge in [-0.05, 0) is 79.3 Å². The molecule has 1 amide bonds. The summed E-state index contributed by atoms with van der Waals surface area (Å²) in [5.41, 5.74) is 3.62. The van der Waals surface area contributed by atoms with Crippen LogP contribution in [0.2, 0.25) is 0 Å². The van der Waals surface area contributed by atoms with E-state index in [0.717, 1.165) is 48.1 Å². The number of methoxy groups -OCH3 is 1. The van der Waals surface area contributed by atoms with Crippen molar-refractivity contribution in [1.29, 1.82) is 0 Å². The van der Waals surface area contributed by atoms with E-state index in [4.69, 9.17) is 4.74 Å². The zero-order valence-corrected chi connectivity index (χ0v) is 20.8. The highest BCUT2D eigenvalue weighted by atomic mass is 19.1. The van der Waals surface area contributed by atoms with Gasteiger partial charge in [-0.1, -0.05) is 0 Å². The number of nitrogens with one attached hydrogen (secondary N) is 1. The van der Waals surface area contributed by atoms with Crippen LogP contribution in [0, 0.1) is 17.7 Å². The molecule has 1 aromatic carbocycles. The molecule has 2 N–H and O–H groups in total. The highest BCUT2D eigenvalue weighted by molar-refractivity contribution is 5.95. The summed E-state index contributed by atoms with van der Waals surface area (Å²) in [6.07, 6.45) is 5.07. The number of halogens is 1. The molecule has 190 valence electrons. The number of rotatable bonds is 6. The third-order valence-corrected chi connectivity index (χ3v) is 8.66. The van der Waals surface area contributed by atoms with Gasteiger partial charge in [-0.15, -0.1) is 0 Å². The Balaban J connectivity index is 1.14. The van der Waals surface area contributed by atoms with Crippen LogP contribution in [0.1, 0.15) is 37.3 Å². The van der Waals surface area contributed by atoms with Crippen LogP contribution in [0.3, 0.4) is 0 Å². The molecule has 0 radical (unpaired) electrons. The Labute approximate surface area is 210 Å². The minimum atomic E-state index is -0.297. The van der Waals surface area contributed by atoms with Crippen molar-refractivity contribution in [3.8, 4) is 16.9 Å². The van der Waals surface area contributed by atoms with Gasteiger partial charge in [0.1, 0.15) is 17.2 Å². The molecule has 2 aromatic heterocycles. The minimum Gasteiger partial charge on any atom is -0.496 e. The number of hydrogen-bond donors (Lipinski definition) is 2. The molecule has 1 aliphatic heterocycles. The van der Waals surface area contributed by atoms with E-state index in [1.807, 2.05) is 18.0 Å². The quantitative estimate of drug-likeness (QED) is 0.547. The number of pyridine rings is 1. The van der Waals surface area contributed by atoms with Gasteiger partial charge in [0.25, 0.3) is 0 Å². The van der Waals surface area contributed by atoms with E-state index in [-0.39, 0.29) is 23.9 Å². The van der Waals surface area contributed by atoms with Crippen molar-refractivity contribution in [1.82, 2.24) is 19.8 Å².